The smallest absolute Gasteiger partial charge is 0.227 e. The topological polar surface area (TPSA) is 40.6 Å². The number of hydrogen-bond donors (Lipinski definition) is 0. The second kappa shape index (κ2) is 6.72. The van der Waals surface area contributed by atoms with Crippen molar-refractivity contribution in [2.45, 2.75) is 20.3 Å². The first-order chi connectivity index (χ1) is 9.47. The van der Waals surface area contributed by atoms with E-state index < -0.39 is 0 Å². The molecule has 2 rings (SSSR count). The van der Waals surface area contributed by atoms with Gasteiger partial charge in [-0.1, -0.05) is 13.8 Å². The van der Waals surface area contributed by atoms with Crippen LogP contribution in [0.3, 0.4) is 0 Å². The number of nitrogens with zero attached hydrogens (tertiary/aromatic N) is 2. The Bertz CT molecular complexity index is 493. The minimum atomic E-state index is 0.0284. The number of carbonyl (C=O) groups is 2. The molecule has 2 amide bonds. The summed E-state index contributed by atoms with van der Waals surface area (Å²) in [4.78, 5) is 28.9. The Kier molecular flexibility index (Phi) is 5.21. The molecule has 0 atom stereocenters. The van der Waals surface area contributed by atoms with Gasteiger partial charge in [0.2, 0.25) is 11.8 Å². The lowest BCUT2D eigenvalue weighted by Crippen LogP contribution is -2.51. The molecular formula is C14H19BrN2O2S. The van der Waals surface area contributed by atoms with E-state index in [1.165, 1.54) is 0 Å². The summed E-state index contributed by atoms with van der Waals surface area (Å²) < 4.78 is 1.05. The quantitative estimate of drug-likeness (QED) is 0.832. The maximum atomic E-state index is 12.2. The fourth-order valence-corrected chi connectivity index (χ4v) is 3.72. The van der Waals surface area contributed by atoms with Gasteiger partial charge in [-0.15, -0.1) is 11.3 Å². The van der Waals surface area contributed by atoms with Gasteiger partial charge in [-0.3, -0.25) is 9.59 Å². The van der Waals surface area contributed by atoms with Gasteiger partial charge in [-0.05, 0) is 28.1 Å². The average Bonchev–Trinajstić information content (AvgIpc) is 2.83. The van der Waals surface area contributed by atoms with Crippen LogP contribution >= 0.6 is 27.3 Å². The number of piperazine rings is 1. The fourth-order valence-electron chi connectivity index (χ4n) is 2.25. The van der Waals surface area contributed by atoms with Crippen LogP contribution in [0, 0.1) is 5.92 Å². The molecule has 0 N–H and O–H groups in total. The Labute approximate surface area is 131 Å². The molecule has 20 heavy (non-hydrogen) atoms. The molecule has 0 saturated carbocycles. The zero-order chi connectivity index (χ0) is 14.7. The Balaban J connectivity index is 1.84. The van der Waals surface area contributed by atoms with Crippen molar-refractivity contribution in [1.82, 2.24) is 9.80 Å². The molecule has 2 heterocycles. The number of rotatable bonds is 3. The molecule has 0 aliphatic carbocycles. The van der Waals surface area contributed by atoms with Crippen molar-refractivity contribution in [3.05, 3.63) is 20.8 Å². The van der Waals surface area contributed by atoms with Crippen molar-refractivity contribution in [2.75, 3.05) is 26.2 Å². The first kappa shape index (κ1) is 15.5. The second-order valence-corrected chi connectivity index (χ2v) is 7.79. The molecule has 6 heteroatoms. The standard InChI is InChI=1S/C14H19BrN2O2S/c1-10(2)14(19)17-7-5-16(6-8-17)13(18)9-11-3-4-12(15)20-11/h3-4,10H,5-9H2,1-2H3. The lowest BCUT2D eigenvalue weighted by atomic mass is 10.1. The molecule has 110 valence electrons. The molecule has 1 aliphatic rings. The summed E-state index contributed by atoms with van der Waals surface area (Å²) in [5.74, 6) is 0.357. The van der Waals surface area contributed by atoms with Gasteiger partial charge in [0.1, 0.15) is 0 Å². The third-order valence-electron chi connectivity index (χ3n) is 3.39. The van der Waals surface area contributed by atoms with Crippen LogP contribution in [-0.4, -0.2) is 47.8 Å². The molecule has 0 aromatic carbocycles. The zero-order valence-corrected chi connectivity index (χ0v) is 14.2. The van der Waals surface area contributed by atoms with E-state index in [1.807, 2.05) is 35.8 Å². The van der Waals surface area contributed by atoms with Crippen LogP contribution in [0.5, 0.6) is 0 Å². The highest BCUT2D eigenvalue weighted by Gasteiger charge is 2.25. The lowest BCUT2D eigenvalue weighted by Gasteiger charge is -2.35. The van der Waals surface area contributed by atoms with E-state index in [9.17, 15) is 9.59 Å². The number of thiophene rings is 1. The maximum absolute atomic E-state index is 12.2. The molecule has 0 radical (unpaired) electrons. The van der Waals surface area contributed by atoms with Crippen molar-refractivity contribution in [3.63, 3.8) is 0 Å². The van der Waals surface area contributed by atoms with Gasteiger partial charge in [0, 0.05) is 37.0 Å². The summed E-state index contributed by atoms with van der Waals surface area (Å²) in [6.45, 7) is 6.41. The van der Waals surface area contributed by atoms with Gasteiger partial charge < -0.3 is 9.80 Å². The summed E-state index contributed by atoms with van der Waals surface area (Å²) >= 11 is 5.00. The van der Waals surface area contributed by atoms with Gasteiger partial charge in [-0.2, -0.15) is 0 Å². The zero-order valence-electron chi connectivity index (χ0n) is 11.8. The van der Waals surface area contributed by atoms with Crippen LogP contribution in [-0.2, 0) is 16.0 Å². The Hall–Kier alpha value is -0.880. The number of hydrogen-bond acceptors (Lipinski definition) is 3. The van der Waals surface area contributed by atoms with Crippen LogP contribution in [0.25, 0.3) is 0 Å². The van der Waals surface area contributed by atoms with Gasteiger partial charge in [0.15, 0.2) is 0 Å². The Morgan fingerprint density at radius 3 is 2.30 bits per heavy atom. The molecular weight excluding hydrogens is 340 g/mol. The first-order valence-electron chi connectivity index (χ1n) is 6.78. The van der Waals surface area contributed by atoms with E-state index in [0.717, 1.165) is 8.66 Å². The van der Waals surface area contributed by atoms with Crippen LogP contribution < -0.4 is 0 Å². The highest BCUT2D eigenvalue weighted by Crippen LogP contribution is 2.23. The summed E-state index contributed by atoms with van der Waals surface area (Å²) in [5.41, 5.74) is 0. The third kappa shape index (κ3) is 3.82. The van der Waals surface area contributed by atoms with E-state index in [-0.39, 0.29) is 17.7 Å². The van der Waals surface area contributed by atoms with Gasteiger partial charge in [0.05, 0.1) is 10.2 Å². The molecule has 1 aromatic heterocycles. The van der Waals surface area contributed by atoms with Gasteiger partial charge in [-0.25, -0.2) is 0 Å². The van der Waals surface area contributed by atoms with E-state index in [4.69, 9.17) is 0 Å². The van der Waals surface area contributed by atoms with Crippen LogP contribution in [0.4, 0.5) is 0 Å². The van der Waals surface area contributed by atoms with Crippen LogP contribution in [0.2, 0.25) is 0 Å². The maximum Gasteiger partial charge on any atom is 0.227 e. The Morgan fingerprint density at radius 2 is 1.80 bits per heavy atom. The summed E-state index contributed by atoms with van der Waals surface area (Å²) in [6, 6.07) is 3.94. The van der Waals surface area contributed by atoms with Crippen LogP contribution in [0.1, 0.15) is 18.7 Å². The summed E-state index contributed by atoms with van der Waals surface area (Å²) in [7, 11) is 0. The normalized spacial score (nSPS) is 15.8. The van der Waals surface area contributed by atoms with Crippen molar-refractivity contribution in [1.29, 1.82) is 0 Å². The van der Waals surface area contributed by atoms with E-state index in [0.29, 0.717) is 32.6 Å². The molecule has 1 aliphatic heterocycles. The highest BCUT2D eigenvalue weighted by atomic mass is 79.9. The molecule has 0 unspecified atom stereocenters. The minimum Gasteiger partial charge on any atom is -0.339 e. The SMILES string of the molecule is CC(C)C(=O)N1CCN(C(=O)Cc2ccc(Br)s2)CC1. The largest absolute Gasteiger partial charge is 0.339 e. The molecule has 1 saturated heterocycles. The number of halogens is 1. The first-order valence-corrected chi connectivity index (χ1v) is 8.39. The average molecular weight is 359 g/mol. The van der Waals surface area contributed by atoms with Crippen molar-refractivity contribution in [2.24, 2.45) is 5.92 Å². The molecule has 1 fully saturated rings. The van der Waals surface area contributed by atoms with Crippen molar-refractivity contribution < 1.29 is 9.59 Å². The molecule has 0 bridgehead atoms. The van der Waals surface area contributed by atoms with E-state index in [2.05, 4.69) is 15.9 Å². The second-order valence-electron chi connectivity index (χ2n) is 5.24. The van der Waals surface area contributed by atoms with Gasteiger partial charge in [0.25, 0.3) is 0 Å². The van der Waals surface area contributed by atoms with Gasteiger partial charge >= 0.3 is 0 Å². The predicted molar refractivity (Wildman–Crippen MR) is 83.7 cm³/mol. The molecule has 4 nitrogen and oxygen atoms in total. The Morgan fingerprint density at radius 1 is 1.20 bits per heavy atom. The minimum absolute atomic E-state index is 0.0284. The lowest BCUT2D eigenvalue weighted by molar-refractivity contribution is -0.141. The predicted octanol–water partition coefficient (Wildman–Crippen LogP) is 2.38. The van der Waals surface area contributed by atoms with Crippen LogP contribution in [0.15, 0.2) is 15.9 Å². The molecule has 1 aromatic rings. The monoisotopic (exact) mass is 358 g/mol. The van der Waals surface area contributed by atoms with Crippen molar-refractivity contribution >= 4 is 39.1 Å². The third-order valence-corrected chi connectivity index (χ3v) is 5.02. The summed E-state index contributed by atoms with van der Waals surface area (Å²) in [6.07, 6.45) is 0.453. The number of amides is 2. The van der Waals surface area contributed by atoms with E-state index >= 15 is 0 Å². The molecule has 0 spiro atoms. The fraction of sp³-hybridized carbons (Fsp3) is 0.571. The van der Waals surface area contributed by atoms with E-state index in [1.54, 1.807) is 11.3 Å². The summed E-state index contributed by atoms with van der Waals surface area (Å²) in [5, 5.41) is 0. The highest BCUT2D eigenvalue weighted by molar-refractivity contribution is 9.11. The van der Waals surface area contributed by atoms with Crippen molar-refractivity contribution in [3.8, 4) is 0 Å². The number of carbonyl (C=O) groups excluding carboxylic acids is 2.